The molecule has 5 atom stereocenters. The van der Waals surface area contributed by atoms with Crippen LogP contribution in [-0.4, -0.2) is 90.2 Å². The van der Waals surface area contributed by atoms with Gasteiger partial charge in [-0.2, -0.15) is 5.01 Å². The summed E-state index contributed by atoms with van der Waals surface area (Å²) < 4.78 is 25.2. The first-order valence-corrected chi connectivity index (χ1v) is 9.60. The molecule has 0 aromatic rings. The van der Waals surface area contributed by atoms with Gasteiger partial charge in [0.2, 0.25) is 6.04 Å². The summed E-state index contributed by atoms with van der Waals surface area (Å²) in [4.78, 5) is 83.1. The van der Waals surface area contributed by atoms with E-state index in [2.05, 4.69) is 15.1 Å². The average molecular weight is 471 g/mol. The maximum Gasteiger partial charge on any atom is 0.377 e. The molecule has 2 aliphatic rings. The highest BCUT2D eigenvalue weighted by Crippen LogP contribution is 2.31. The van der Waals surface area contributed by atoms with Crippen LogP contribution in [0.5, 0.6) is 0 Å². The summed E-state index contributed by atoms with van der Waals surface area (Å²) in [6.07, 6.45) is -5.71. The van der Waals surface area contributed by atoms with Crippen LogP contribution in [0.25, 0.3) is 0 Å². The molecule has 1 amide bonds. The number of carbonyl (C=O) groups excluding carboxylic acids is 7. The van der Waals surface area contributed by atoms with Crippen molar-refractivity contribution in [1.82, 2.24) is 5.01 Å². The molecule has 15 nitrogen and oxygen atoms in total. The Bertz CT molecular complexity index is 900. The zero-order chi connectivity index (χ0) is 24.9. The lowest BCUT2D eigenvalue weighted by atomic mass is 10.1. The van der Waals surface area contributed by atoms with Gasteiger partial charge in [0.25, 0.3) is 11.6 Å². The van der Waals surface area contributed by atoms with E-state index >= 15 is 0 Å². The van der Waals surface area contributed by atoms with Gasteiger partial charge in [-0.05, 0) is 6.92 Å². The lowest BCUT2D eigenvalue weighted by Gasteiger charge is -2.29. The molecule has 15 heteroatoms. The maximum atomic E-state index is 12.6. The highest BCUT2D eigenvalue weighted by atomic mass is 16.7. The summed E-state index contributed by atoms with van der Waals surface area (Å²) >= 11 is 0. The summed E-state index contributed by atoms with van der Waals surface area (Å²) in [5.74, 6) is -7.96. The van der Waals surface area contributed by atoms with Crippen molar-refractivity contribution < 1.29 is 57.2 Å². The number of carbonyl (C=O) groups is 7. The van der Waals surface area contributed by atoms with Gasteiger partial charge in [-0.25, -0.2) is 4.79 Å². The third-order valence-corrected chi connectivity index (χ3v) is 4.24. The van der Waals surface area contributed by atoms with Crippen molar-refractivity contribution in [3.63, 3.8) is 0 Å². The number of esters is 4. The Hall–Kier alpha value is -3.75. The van der Waals surface area contributed by atoms with Gasteiger partial charge < -0.3 is 23.7 Å². The number of ketones is 2. The van der Waals surface area contributed by atoms with Crippen molar-refractivity contribution >= 4 is 41.4 Å². The molecule has 0 aromatic heterocycles. The van der Waals surface area contributed by atoms with Gasteiger partial charge in [-0.1, -0.05) is 5.22 Å². The molecular formula is C18H21N3O12. The van der Waals surface area contributed by atoms with Crippen LogP contribution in [0.3, 0.4) is 0 Å². The van der Waals surface area contributed by atoms with Crippen molar-refractivity contribution in [2.24, 2.45) is 10.3 Å². The van der Waals surface area contributed by atoms with Gasteiger partial charge in [-0.3, -0.25) is 28.8 Å². The van der Waals surface area contributed by atoms with E-state index in [1.54, 1.807) is 0 Å². The first-order valence-electron chi connectivity index (χ1n) is 9.60. The van der Waals surface area contributed by atoms with Gasteiger partial charge in [0, 0.05) is 20.8 Å². The Morgan fingerprint density at radius 2 is 1.55 bits per heavy atom. The summed E-state index contributed by atoms with van der Waals surface area (Å²) in [6.45, 7) is 4.02. The van der Waals surface area contributed by atoms with Gasteiger partial charge in [-0.15, -0.1) is 5.11 Å². The second-order valence-electron chi connectivity index (χ2n) is 6.72. The predicted octanol–water partition coefficient (Wildman–Crippen LogP) is -1.58. The minimum absolute atomic E-state index is 0.149. The Balaban J connectivity index is 2.36. The highest BCUT2D eigenvalue weighted by Gasteiger charge is 2.56. The number of amides is 1. The monoisotopic (exact) mass is 471 g/mol. The van der Waals surface area contributed by atoms with E-state index in [0.29, 0.717) is 5.01 Å². The molecule has 0 aromatic carbocycles. The van der Waals surface area contributed by atoms with E-state index in [1.165, 1.54) is 6.92 Å². The van der Waals surface area contributed by atoms with Crippen LogP contribution < -0.4 is 0 Å². The zero-order valence-corrected chi connectivity index (χ0v) is 18.0. The fourth-order valence-electron chi connectivity index (χ4n) is 2.97. The Labute approximate surface area is 186 Å². The fraction of sp³-hybridized carbons (Fsp3) is 0.611. The summed E-state index contributed by atoms with van der Waals surface area (Å²) in [6, 6.07) is -2.05. The SMILES string of the molecule is CCOC(=O)C(=O)C1N=NN(C2OC(COC(C)=O)C(OC(C)=O)C2OC(C)=O)C(=O)C1=O. The van der Waals surface area contributed by atoms with E-state index in [9.17, 15) is 33.6 Å². The van der Waals surface area contributed by atoms with Crippen molar-refractivity contribution in [3.8, 4) is 0 Å². The molecule has 0 bridgehead atoms. The standard InChI is InChI=1S/C18H21N3O12/c1-5-29-18(28)13(26)11-12(25)16(27)21(20-19-11)17-15(32-9(4)24)14(31-8(3)23)10(33-17)6-30-7(2)22/h10-11,14-15,17H,5-6H2,1-4H3. The minimum Gasteiger partial charge on any atom is -0.463 e. The Kier molecular flexibility index (Phi) is 8.28. The largest absolute Gasteiger partial charge is 0.463 e. The van der Waals surface area contributed by atoms with E-state index in [0.717, 1.165) is 20.8 Å². The van der Waals surface area contributed by atoms with Gasteiger partial charge in [0.1, 0.15) is 12.7 Å². The van der Waals surface area contributed by atoms with E-state index in [-0.39, 0.29) is 6.61 Å². The second-order valence-corrected chi connectivity index (χ2v) is 6.72. The average Bonchev–Trinajstić information content (AvgIpc) is 3.04. The van der Waals surface area contributed by atoms with Gasteiger partial charge >= 0.3 is 29.8 Å². The molecule has 0 radical (unpaired) electrons. The number of hydrogen-bond donors (Lipinski definition) is 0. The van der Waals surface area contributed by atoms with Crippen molar-refractivity contribution in [2.75, 3.05) is 13.2 Å². The maximum absolute atomic E-state index is 12.6. The van der Waals surface area contributed by atoms with Crippen molar-refractivity contribution in [3.05, 3.63) is 0 Å². The number of hydrogen-bond acceptors (Lipinski definition) is 14. The van der Waals surface area contributed by atoms with Gasteiger partial charge in [0.05, 0.1) is 6.61 Å². The van der Waals surface area contributed by atoms with E-state index in [1.807, 2.05) is 0 Å². The van der Waals surface area contributed by atoms with Crippen LogP contribution in [0.15, 0.2) is 10.3 Å². The molecule has 0 aliphatic carbocycles. The summed E-state index contributed by atoms with van der Waals surface area (Å²) in [7, 11) is 0. The number of ether oxygens (including phenoxy) is 5. The predicted molar refractivity (Wildman–Crippen MR) is 98.5 cm³/mol. The fourth-order valence-corrected chi connectivity index (χ4v) is 2.97. The molecule has 5 unspecified atom stereocenters. The number of rotatable bonds is 8. The molecule has 2 heterocycles. The topological polar surface area (TPSA) is 194 Å². The normalized spacial score (nSPS) is 26.5. The number of nitrogens with zero attached hydrogens (tertiary/aromatic N) is 3. The molecule has 0 N–H and O–H groups in total. The van der Waals surface area contributed by atoms with Crippen LogP contribution >= 0.6 is 0 Å². The minimum atomic E-state index is -2.05. The summed E-state index contributed by atoms with van der Waals surface area (Å²) in [5.41, 5.74) is 0. The lowest BCUT2D eigenvalue weighted by Crippen LogP contribution is -2.54. The molecular weight excluding hydrogens is 450 g/mol. The molecule has 2 aliphatic heterocycles. The first kappa shape index (κ1) is 25.5. The van der Waals surface area contributed by atoms with Crippen LogP contribution in [0, 0.1) is 0 Å². The molecule has 2 rings (SSSR count). The zero-order valence-electron chi connectivity index (χ0n) is 18.0. The third kappa shape index (κ3) is 5.94. The molecule has 0 saturated carbocycles. The Morgan fingerprint density at radius 3 is 2.09 bits per heavy atom. The Morgan fingerprint density at radius 1 is 0.939 bits per heavy atom. The lowest BCUT2D eigenvalue weighted by molar-refractivity contribution is -0.175. The van der Waals surface area contributed by atoms with Crippen molar-refractivity contribution in [1.29, 1.82) is 0 Å². The first-order chi connectivity index (χ1) is 15.5. The molecule has 1 fully saturated rings. The van der Waals surface area contributed by atoms with E-state index < -0.39 is 78.5 Å². The van der Waals surface area contributed by atoms with Crippen molar-refractivity contribution in [2.45, 2.75) is 58.3 Å². The van der Waals surface area contributed by atoms with E-state index in [4.69, 9.17) is 18.9 Å². The van der Waals surface area contributed by atoms with Crippen LogP contribution in [0.4, 0.5) is 0 Å². The van der Waals surface area contributed by atoms with Crippen LogP contribution in [0.1, 0.15) is 27.7 Å². The third-order valence-electron chi connectivity index (χ3n) is 4.24. The molecule has 180 valence electrons. The van der Waals surface area contributed by atoms with Crippen LogP contribution in [-0.2, 0) is 57.2 Å². The highest BCUT2D eigenvalue weighted by molar-refractivity contribution is 6.50. The second kappa shape index (κ2) is 10.7. The number of Topliss-reactive ketones (excluding diaryl/α,β-unsaturated/α-hetero) is 2. The molecule has 0 spiro atoms. The molecule has 1 saturated heterocycles. The quantitative estimate of drug-likeness (QED) is 0.171. The summed E-state index contributed by atoms with van der Waals surface area (Å²) in [5, 5.41) is 7.27. The smallest absolute Gasteiger partial charge is 0.377 e. The van der Waals surface area contributed by atoms with Crippen LogP contribution in [0.2, 0.25) is 0 Å². The van der Waals surface area contributed by atoms with Gasteiger partial charge in [0.15, 0.2) is 18.4 Å². The molecule has 33 heavy (non-hydrogen) atoms.